The van der Waals surface area contributed by atoms with Gasteiger partial charge in [-0.25, -0.2) is 0 Å². The molecule has 0 aromatic heterocycles. The minimum absolute atomic E-state index is 0.00384. The third kappa shape index (κ3) is 2.46. The van der Waals surface area contributed by atoms with E-state index in [2.05, 4.69) is 5.32 Å². The molecule has 0 amide bonds. The van der Waals surface area contributed by atoms with Gasteiger partial charge in [0, 0.05) is 18.7 Å². The minimum Gasteiger partial charge on any atom is -0.384 e. The first kappa shape index (κ1) is 12.4. The zero-order chi connectivity index (χ0) is 13.0. The molecule has 0 unspecified atom stereocenters. The summed E-state index contributed by atoms with van der Waals surface area (Å²) in [5, 5.41) is 32.8. The van der Waals surface area contributed by atoms with E-state index in [1.165, 1.54) is 0 Å². The van der Waals surface area contributed by atoms with E-state index in [1.54, 1.807) is 13.0 Å². The van der Waals surface area contributed by atoms with Crippen LogP contribution in [0, 0.1) is 31.6 Å². The number of hydrogen-bond acceptors (Lipinski definition) is 6. The molecule has 0 fully saturated rings. The van der Waals surface area contributed by atoms with Crippen LogP contribution in [0.5, 0.6) is 0 Å². The van der Waals surface area contributed by atoms with Crippen molar-refractivity contribution < 1.29 is 9.85 Å². The summed E-state index contributed by atoms with van der Waals surface area (Å²) in [6, 6.07) is 3.65. The van der Waals surface area contributed by atoms with Crippen molar-refractivity contribution in [1.82, 2.24) is 0 Å². The smallest absolute Gasteiger partial charge is 0.348 e. The standard InChI is InChI=1S/C9H8N4O4/c1-2-11-7-4-9(13(16)17)8(12(14)15)3-6(7)5-10/h3-4,11H,2H2,1H3. The first-order valence-corrected chi connectivity index (χ1v) is 4.62. The Hall–Kier alpha value is -2.69. The maximum atomic E-state index is 10.7. The quantitative estimate of drug-likeness (QED) is 0.628. The summed E-state index contributed by atoms with van der Waals surface area (Å²) in [6.07, 6.45) is 0. The molecule has 1 aromatic rings. The third-order valence-electron chi connectivity index (χ3n) is 2.00. The number of nitrogens with zero attached hydrogens (tertiary/aromatic N) is 3. The molecule has 8 heteroatoms. The van der Waals surface area contributed by atoms with Gasteiger partial charge in [0.05, 0.1) is 21.1 Å². The van der Waals surface area contributed by atoms with E-state index >= 15 is 0 Å². The number of rotatable bonds is 4. The number of anilines is 1. The van der Waals surface area contributed by atoms with Crippen LogP contribution in [0.2, 0.25) is 0 Å². The maximum absolute atomic E-state index is 10.7. The van der Waals surface area contributed by atoms with Gasteiger partial charge < -0.3 is 5.32 Å². The molecule has 0 radical (unpaired) electrons. The third-order valence-corrected chi connectivity index (χ3v) is 2.00. The highest BCUT2D eigenvalue weighted by molar-refractivity contribution is 5.69. The summed E-state index contributed by atoms with van der Waals surface area (Å²) in [7, 11) is 0. The second-order valence-corrected chi connectivity index (χ2v) is 3.04. The van der Waals surface area contributed by atoms with Crippen LogP contribution in [-0.2, 0) is 0 Å². The zero-order valence-electron chi connectivity index (χ0n) is 8.84. The van der Waals surface area contributed by atoms with Crippen molar-refractivity contribution in [2.24, 2.45) is 0 Å². The average molecular weight is 236 g/mol. The summed E-state index contributed by atoms with van der Waals surface area (Å²) in [4.78, 5) is 19.6. The highest BCUT2D eigenvalue weighted by Crippen LogP contribution is 2.32. The lowest BCUT2D eigenvalue weighted by Crippen LogP contribution is -2.03. The monoisotopic (exact) mass is 236 g/mol. The van der Waals surface area contributed by atoms with Crippen molar-refractivity contribution in [2.45, 2.75) is 6.92 Å². The Morgan fingerprint density at radius 1 is 1.29 bits per heavy atom. The number of nitro groups is 2. The van der Waals surface area contributed by atoms with E-state index in [0.717, 1.165) is 12.1 Å². The Bertz CT molecular complexity index is 520. The van der Waals surface area contributed by atoms with Crippen LogP contribution in [0.25, 0.3) is 0 Å². The van der Waals surface area contributed by atoms with Crippen molar-refractivity contribution in [3.05, 3.63) is 37.9 Å². The number of hydrogen-bond donors (Lipinski definition) is 1. The van der Waals surface area contributed by atoms with Crippen LogP contribution in [0.1, 0.15) is 12.5 Å². The average Bonchev–Trinajstić information content (AvgIpc) is 2.28. The number of nitrogens with one attached hydrogen (secondary N) is 1. The zero-order valence-corrected chi connectivity index (χ0v) is 8.84. The van der Waals surface area contributed by atoms with Gasteiger partial charge in [-0.1, -0.05) is 0 Å². The molecule has 0 heterocycles. The summed E-state index contributed by atoms with van der Waals surface area (Å²) in [5.41, 5.74) is -1.10. The number of nitriles is 1. The Morgan fingerprint density at radius 2 is 1.82 bits per heavy atom. The topological polar surface area (TPSA) is 122 Å². The Balaban J connectivity index is 3.49. The first-order chi connectivity index (χ1) is 8.01. The van der Waals surface area contributed by atoms with Crippen LogP contribution in [0.15, 0.2) is 12.1 Å². The molecule has 0 spiro atoms. The van der Waals surface area contributed by atoms with Gasteiger partial charge in [-0.15, -0.1) is 0 Å². The van der Waals surface area contributed by atoms with Gasteiger partial charge in [-0.05, 0) is 6.92 Å². The second-order valence-electron chi connectivity index (χ2n) is 3.04. The van der Waals surface area contributed by atoms with Crippen LogP contribution < -0.4 is 5.32 Å². The van der Waals surface area contributed by atoms with E-state index in [1.807, 2.05) is 0 Å². The lowest BCUT2D eigenvalue weighted by Gasteiger charge is -2.05. The van der Waals surface area contributed by atoms with Crippen LogP contribution >= 0.6 is 0 Å². The van der Waals surface area contributed by atoms with Crippen molar-refractivity contribution in [1.29, 1.82) is 5.26 Å². The van der Waals surface area contributed by atoms with Gasteiger partial charge >= 0.3 is 11.4 Å². The van der Waals surface area contributed by atoms with Crippen LogP contribution in [0.3, 0.4) is 0 Å². The molecule has 0 bridgehead atoms. The summed E-state index contributed by atoms with van der Waals surface area (Å²) < 4.78 is 0. The van der Waals surface area contributed by atoms with E-state index in [4.69, 9.17) is 5.26 Å². The molecule has 0 saturated heterocycles. The highest BCUT2D eigenvalue weighted by Gasteiger charge is 2.26. The molecule has 0 atom stereocenters. The Morgan fingerprint density at radius 3 is 2.24 bits per heavy atom. The molecule has 0 saturated carbocycles. The maximum Gasteiger partial charge on any atom is 0.348 e. The highest BCUT2D eigenvalue weighted by atomic mass is 16.6. The van der Waals surface area contributed by atoms with Gasteiger partial charge in [-0.3, -0.25) is 20.2 Å². The predicted molar refractivity (Wildman–Crippen MR) is 58.6 cm³/mol. The fourth-order valence-corrected chi connectivity index (χ4v) is 1.30. The molecule has 1 aromatic carbocycles. The predicted octanol–water partition coefficient (Wildman–Crippen LogP) is 1.81. The van der Waals surface area contributed by atoms with E-state index in [-0.39, 0.29) is 11.3 Å². The second kappa shape index (κ2) is 4.89. The van der Waals surface area contributed by atoms with Gasteiger partial charge in [-0.2, -0.15) is 5.26 Å². The number of benzene rings is 1. The van der Waals surface area contributed by atoms with E-state index in [0.29, 0.717) is 6.54 Å². The molecule has 0 aliphatic rings. The molecule has 88 valence electrons. The molecule has 0 aliphatic heterocycles. The molecular weight excluding hydrogens is 228 g/mol. The van der Waals surface area contributed by atoms with Crippen molar-refractivity contribution in [3.8, 4) is 6.07 Å². The SMILES string of the molecule is CCNc1cc([N+](=O)[O-])c([N+](=O)[O-])cc1C#N. The summed E-state index contributed by atoms with van der Waals surface area (Å²) >= 11 is 0. The van der Waals surface area contributed by atoms with Gasteiger partial charge in [0.25, 0.3) is 0 Å². The Labute approximate surface area is 95.8 Å². The van der Waals surface area contributed by atoms with Gasteiger partial charge in [0.2, 0.25) is 0 Å². The van der Waals surface area contributed by atoms with Crippen molar-refractivity contribution >= 4 is 17.1 Å². The van der Waals surface area contributed by atoms with Gasteiger partial charge in [0.1, 0.15) is 6.07 Å². The van der Waals surface area contributed by atoms with Crippen LogP contribution in [0.4, 0.5) is 17.1 Å². The largest absolute Gasteiger partial charge is 0.384 e. The van der Waals surface area contributed by atoms with Crippen molar-refractivity contribution in [3.63, 3.8) is 0 Å². The Kier molecular flexibility index (Phi) is 3.56. The van der Waals surface area contributed by atoms with Crippen molar-refractivity contribution in [2.75, 3.05) is 11.9 Å². The molecule has 8 nitrogen and oxygen atoms in total. The molecule has 0 aliphatic carbocycles. The van der Waals surface area contributed by atoms with Crippen LogP contribution in [-0.4, -0.2) is 16.4 Å². The van der Waals surface area contributed by atoms with E-state index < -0.39 is 21.2 Å². The lowest BCUT2D eigenvalue weighted by molar-refractivity contribution is -0.422. The minimum atomic E-state index is -0.880. The fourth-order valence-electron chi connectivity index (χ4n) is 1.30. The first-order valence-electron chi connectivity index (χ1n) is 4.62. The van der Waals surface area contributed by atoms with Gasteiger partial charge in [0.15, 0.2) is 0 Å². The fraction of sp³-hybridized carbons (Fsp3) is 0.222. The lowest BCUT2D eigenvalue weighted by atomic mass is 10.1. The van der Waals surface area contributed by atoms with E-state index in [9.17, 15) is 20.2 Å². The normalized spacial score (nSPS) is 9.41. The summed E-state index contributed by atoms with van der Waals surface area (Å²) in [6.45, 7) is 2.19. The number of nitro benzene ring substituents is 2. The molecule has 1 N–H and O–H groups in total. The molecule has 1 rings (SSSR count). The molecule has 17 heavy (non-hydrogen) atoms. The summed E-state index contributed by atoms with van der Waals surface area (Å²) in [5.74, 6) is 0. The molecular formula is C9H8N4O4.